The number of fused-ring (bicyclic) bond motifs is 1. The van der Waals surface area contributed by atoms with Gasteiger partial charge in [-0.2, -0.15) is 0 Å². The van der Waals surface area contributed by atoms with Crippen LogP contribution in [0.1, 0.15) is 30.4 Å². The average Bonchev–Trinajstić information content (AvgIpc) is 3.48. The zero-order valence-corrected chi connectivity index (χ0v) is 17.1. The van der Waals surface area contributed by atoms with E-state index in [1.165, 1.54) is 0 Å². The van der Waals surface area contributed by atoms with E-state index in [4.69, 9.17) is 4.74 Å². The highest BCUT2D eigenvalue weighted by Crippen LogP contribution is 2.47. The van der Waals surface area contributed by atoms with Crippen LogP contribution in [0, 0.1) is 5.41 Å². The maximum atomic E-state index is 13.5. The molecule has 0 saturated heterocycles. The minimum atomic E-state index is -0.880. The average molecular weight is 392 g/mol. The summed E-state index contributed by atoms with van der Waals surface area (Å²) in [4.78, 5) is 28.2. The van der Waals surface area contributed by atoms with Crippen LogP contribution in [0.5, 0.6) is 0 Å². The fourth-order valence-electron chi connectivity index (χ4n) is 4.54. The topological polar surface area (TPSA) is 58.6 Å². The first kappa shape index (κ1) is 19.6. The summed E-state index contributed by atoms with van der Waals surface area (Å²) in [5, 5.41) is 3.08. The summed E-state index contributed by atoms with van der Waals surface area (Å²) in [6, 6.07) is 17.8. The van der Waals surface area contributed by atoms with Crippen molar-refractivity contribution in [3.05, 3.63) is 65.7 Å². The van der Waals surface area contributed by atoms with Crippen LogP contribution in [0.3, 0.4) is 0 Å². The van der Waals surface area contributed by atoms with Gasteiger partial charge in [0.15, 0.2) is 0 Å². The van der Waals surface area contributed by atoms with Crippen molar-refractivity contribution in [2.24, 2.45) is 5.41 Å². The second-order valence-corrected chi connectivity index (χ2v) is 8.51. The molecule has 0 spiro atoms. The Balaban J connectivity index is 1.61. The number of benzene rings is 2. The van der Waals surface area contributed by atoms with Gasteiger partial charge >= 0.3 is 0 Å². The van der Waals surface area contributed by atoms with Gasteiger partial charge in [0.2, 0.25) is 11.8 Å². The zero-order chi connectivity index (χ0) is 20.5. The molecule has 2 amide bonds. The van der Waals surface area contributed by atoms with Gasteiger partial charge in [0, 0.05) is 38.2 Å². The molecule has 5 nitrogen and oxygen atoms in total. The third-order valence-electron chi connectivity index (χ3n) is 6.37. The molecule has 1 aliphatic heterocycles. The fraction of sp³-hybridized carbons (Fsp3) is 0.417. The molecule has 1 N–H and O–H groups in total. The molecule has 0 radical (unpaired) electrons. The lowest BCUT2D eigenvalue weighted by molar-refractivity contribution is -0.129. The molecule has 2 aromatic carbocycles. The molecule has 2 aromatic rings. The lowest BCUT2D eigenvalue weighted by atomic mass is 9.73. The van der Waals surface area contributed by atoms with Crippen molar-refractivity contribution < 1.29 is 14.3 Å². The van der Waals surface area contributed by atoms with Gasteiger partial charge in [-0.3, -0.25) is 9.59 Å². The number of ether oxygens (including phenoxy) is 1. The van der Waals surface area contributed by atoms with Gasteiger partial charge in [0.1, 0.15) is 0 Å². The Morgan fingerprint density at radius 1 is 1.10 bits per heavy atom. The molecule has 4 rings (SSSR count). The number of hydrogen-bond donors (Lipinski definition) is 1. The predicted molar refractivity (Wildman–Crippen MR) is 113 cm³/mol. The number of methoxy groups -OCH3 is 1. The first-order chi connectivity index (χ1) is 14.0. The summed E-state index contributed by atoms with van der Waals surface area (Å²) >= 11 is 0. The van der Waals surface area contributed by atoms with Crippen LogP contribution in [0.2, 0.25) is 0 Å². The second-order valence-electron chi connectivity index (χ2n) is 8.51. The standard InChI is InChI=1S/C24H28N2O3/c1-26-20-11-7-6-10-19(20)24(22(26)28,14-18-8-4-3-5-9-18)15-21(27)25-16-23(12-13-23)17-29-2/h3-11H,12-17H2,1-2H3,(H,25,27)/t24-/m0/s1. The first-order valence-electron chi connectivity index (χ1n) is 10.2. The SMILES string of the molecule is COCC1(CNC(=O)C[C@]2(Cc3ccccc3)C(=O)N(C)c3ccccc32)CC1. The number of carbonyl (C=O) groups excluding carboxylic acids is 2. The van der Waals surface area contributed by atoms with Gasteiger partial charge in [-0.25, -0.2) is 0 Å². The number of nitrogens with one attached hydrogen (secondary N) is 1. The van der Waals surface area contributed by atoms with Crippen LogP contribution >= 0.6 is 0 Å². The van der Waals surface area contributed by atoms with Crippen LogP contribution in [-0.4, -0.2) is 39.1 Å². The molecule has 1 fully saturated rings. The highest BCUT2D eigenvalue weighted by molar-refractivity contribution is 6.09. The van der Waals surface area contributed by atoms with E-state index in [2.05, 4.69) is 5.32 Å². The summed E-state index contributed by atoms with van der Waals surface area (Å²) in [7, 11) is 3.49. The molecule has 1 heterocycles. The van der Waals surface area contributed by atoms with Crippen LogP contribution in [0.4, 0.5) is 5.69 Å². The number of anilines is 1. The van der Waals surface area contributed by atoms with Gasteiger partial charge in [-0.15, -0.1) is 0 Å². The molecule has 0 aromatic heterocycles. The summed E-state index contributed by atoms with van der Waals surface area (Å²) in [5.74, 6) is -0.0995. The first-order valence-corrected chi connectivity index (χ1v) is 10.2. The van der Waals surface area contributed by atoms with E-state index < -0.39 is 5.41 Å². The van der Waals surface area contributed by atoms with Crippen LogP contribution in [0.25, 0.3) is 0 Å². The van der Waals surface area contributed by atoms with Gasteiger partial charge < -0.3 is 15.0 Å². The molecule has 2 aliphatic rings. The predicted octanol–water partition coefficient (Wildman–Crippen LogP) is 3.08. The Hall–Kier alpha value is -2.66. The quantitative estimate of drug-likeness (QED) is 0.751. The largest absolute Gasteiger partial charge is 0.384 e. The third kappa shape index (κ3) is 3.67. The maximum Gasteiger partial charge on any atom is 0.238 e. The van der Waals surface area contributed by atoms with Crippen molar-refractivity contribution in [1.29, 1.82) is 0 Å². The molecule has 5 heteroatoms. The number of hydrogen-bond acceptors (Lipinski definition) is 3. The van der Waals surface area contributed by atoms with E-state index in [9.17, 15) is 9.59 Å². The van der Waals surface area contributed by atoms with Crippen LogP contribution in [-0.2, 0) is 26.2 Å². The van der Waals surface area contributed by atoms with E-state index >= 15 is 0 Å². The maximum absolute atomic E-state index is 13.5. The Morgan fingerprint density at radius 3 is 2.48 bits per heavy atom. The summed E-state index contributed by atoms with van der Waals surface area (Å²) < 4.78 is 5.30. The normalized spacial score (nSPS) is 21.7. The Kier molecular flexibility index (Phi) is 5.17. The third-order valence-corrected chi connectivity index (χ3v) is 6.37. The monoisotopic (exact) mass is 392 g/mol. The van der Waals surface area contributed by atoms with Crippen LogP contribution < -0.4 is 10.2 Å². The van der Waals surface area contributed by atoms with Crippen molar-refractivity contribution in [3.8, 4) is 0 Å². The van der Waals surface area contributed by atoms with E-state index in [-0.39, 0.29) is 23.7 Å². The van der Waals surface area contributed by atoms with E-state index in [1.54, 1.807) is 19.1 Å². The van der Waals surface area contributed by atoms with Crippen molar-refractivity contribution in [2.45, 2.75) is 31.1 Å². The highest BCUT2D eigenvalue weighted by atomic mass is 16.5. The molecule has 0 unspecified atom stereocenters. The molecule has 152 valence electrons. The zero-order valence-electron chi connectivity index (χ0n) is 17.1. The summed E-state index contributed by atoms with van der Waals surface area (Å²) in [6.45, 7) is 1.26. The van der Waals surface area contributed by atoms with Crippen LogP contribution in [0.15, 0.2) is 54.6 Å². The molecule has 1 saturated carbocycles. The molecular formula is C24H28N2O3. The summed E-state index contributed by atoms with van der Waals surface area (Å²) in [6.07, 6.45) is 2.79. The van der Waals surface area contributed by atoms with Gasteiger partial charge in [0.25, 0.3) is 0 Å². The Labute approximate surface area is 172 Å². The number of para-hydroxylation sites is 1. The van der Waals surface area contributed by atoms with Crippen molar-refractivity contribution >= 4 is 17.5 Å². The minimum Gasteiger partial charge on any atom is -0.384 e. The Morgan fingerprint density at radius 2 is 1.79 bits per heavy atom. The summed E-state index contributed by atoms with van der Waals surface area (Å²) in [5.41, 5.74) is 2.07. The fourth-order valence-corrected chi connectivity index (χ4v) is 4.54. The van der Waals surface area contributed by atoms with Crippen molar-refractivity contribution in [1.82, 2.24) is 5.32 Å². The lowest BCUT2D eigenvalue weighted by Crippen LogP contribution is -2.45. The number of amides is 2. The Bertz CT molecular complexity index is 907. The van der Waals surface area contributed by atoms with Gasteiger partial charge in [-0.1, -0.05) is 48.5 Å². The van der Waals surface area contributed by atoms with E-state index in [1.807, 2.05) is 54.6 Å². The second kappa shape index (κ2) is 7.64. The molecule has 29 heavy (non-hydrogen) atoms. The van der Waals surface area contributed by atoms with Crippen molar-refractivity contribution in [2.75, 3.05) is 32.2 Å². The molecular weight excluding hydrogens is 364 g/mol. The molecule has 0 bridgehead atoms. The highest BCUT2D eigenvalue weighted by Gasteiger charge is 2.51. The van der Waals surface area contributed by atoms with E-state index in [0.717, 1.165) is 29.7 Å². The number of likely N-dealkylation sites (N-methyl/N-ethyl adjacent to an activating group) is 1. The van der Waals surface area contributed by atoms with Gasteiger partial charge in [0.05, 0.1) is 12.0 Å². The number of carbonyl (C=O) groups is 2. The lowest BCUT2D eigenvalue weighted by Gasteiger charge is -2.28. The van der Waals surface area contributed by atoms with Gasteiger partial charge in [-0.05, 0) is 36.5 Å². The van der Waals surface area contributed by atoms with E-state index in [0.29, 0.717) is 19.6 Å². The number of nitrogens with zero attached hydrogens (tertiary/aromatic N) is 1. The minimum absolute atomic E-state index is 0.0178. The number of rotatable bonds is 8. The molecule has 1 atom stereocenters. The smallest absolute Gasteiger partial charge is 0.238 e. The van der Waals surface area contributed by atoms with Crippen molar-refractivity contribution in [3.63, 3.8) is 0 Å². The molecule has 1 aliphatic carbocycles.